The summed E-state index contributed by atoms with van der Waals surface area (Å²) in [4.78, 5) is 14.4. The highest BCUT2D eigenvalue weighted by atomic mass is 19.1. The van der Waals surface area contributed by atoms with Crippen LogP contribution in [-0.4, -0.2) is 44.9 Å². The summed E-state index contributed by atoms with van der Waals surface area (Å²) in [6.07, 6.45) is 3.94. The zero-order valence-corrected chi connectivity index (χ0v) is 13.5. The van der Waals surface area contributed by atoms with Gasteiger partial charge < -0.3 is 5.32 Å². The summed E-state index contributed by atoms with van der Waals surface area (Å²) in [6, 6.07) is 7.31. The maximum absolute atomic E-state index is 13.3. The Bertz CT molecular complexity index is 751. The van der Waals surface area contributed by atoms with Gasteiger partial charge in [-0.3, -0.25) is 9.69 Å². The van der Waals surface area contributed by atoms with Crippen LogP contribution in [0, 0.1) is 5.82 Å². The number of likely N-dealkylation sites (tertiary alicyclic amines) is 1. The van der Waals surface area contributed by atoms with E-state index in [1.807, 2.05) is 13.0 Å². The molecule has 0 spiro atoms. The van der Waals surface area contributed by atoms with Crippen molar-refractivity contribution >= 4 is 5.91 Å². The van der Waals surface area contributed by atoms with E-state index in [2.05, 4.69) is 20.5 Å². The van der Waals surface area contributed by atoms with Gasteiger partial charge in [-0.25, -0.2) is 9.07 Å². The Labute approximate surface area is 139 Å². The summed E-state index contributed by atoms with van der Waals surface area (Å²) in [5.74, 6) is -0.395. The quantitative estimate of drug-likeness (QED) is 0.910. The third-order valence-electron chi connectivity index (χ3n) is 4.79. The molecule has 2 aliphatic rings. The van der Waals surface area contributed by atoms with Crippen molar-refractivity contribution in [2.24, 2.45) is 0 Å². The van der Waals surface area contributed by atoms with Crippen molar-refractivity contribution in [2.75, 3.05) is 13.1 Å². The highest BCUT2D eigenvalue weighted by Crippen LogP contribution is 2.33. The van der Waals surface area contributed by atoms with Crippen molar-refractivity contribution in [2.45, 2.75) is 37.9 Å². The molecule has 1 aromatic heterocycles. The smallest absolute Gasteiger partial charge is 0.273 e. The third-order valence-corrected chi connectivity index (χ3v) is 4.79. The van der Waals surface area contributed by atoms with E-state index < -0.39 is 0 Å². The molecule has 1 amide bonds. The average Bonchev–Trinajstić information content (AvgIpc) is 3.27. The Hall–Kier alpha value is -2.28. The molecular formula is C17H20FN5O. The van der Waals surface area contributed by atoms with Crippen LogP contribution in [0.15, 0.2) is 30.5 Å². The number of benzene rings is 1. The first-order chi connectivity index (χ1) is 11.6. The largest absolute Gasteiger partial charge is 0.345 e. The van der Waals surface area contributed by atoms with Gasteiger partial charge in [0.1, 0.15) is 5.82 Å². The highest BCUT2D eigenvalue weighted by Gasteiger charge is 2.33. The van der Waals surface area contributed by atoms with Gasteiger partial charge in [-0.05, 0) is 37.5 Å². The number of halogens is 1. The molecular weight excluding hydrogens is 309 g/mol. The van der Waals surface area contributed by atoms with Crippen LogP contribution < -0.4 is 5.32 Å². The van der Waals surface area contributed by atoms with E-state index in [1.54, 1.807) is 23.0 Å². The van der Waals surface area contributed by atoms with Crippen molar-refractivity contribution in [1.82, 2.24) is 25.2 Å². The zero-order valence-electron chi connectivity index (χ0n) is 13.5. The molecule has 1 saturated heterocycles. The first-order valence-electron chi connectivity index (χ1n) is 8.32. The normalized spacial score (nSPS) is 19.8. The van der Waals surface area contributed by atoms with Crippen LogP contribution in [0.5, 0.6) is 0 Å². The lowest BCUT2D eigenvalue weighted by molar-refractivity contribution is 0.0672. The molecule has 1 aliphatic heterocycles. The van der Waals surface area contributed by atoms with E-state index in [1.165, 1.54) is 6.07 Å². The number of nitrogens with one attached hydrogen (secondary N) is 1. The molecule has 1 saturated carbocycles. The van der Waals surface area contributed by atoms with Gasteiger partial charge in [0.05, 0.1) is 18.3 Å². The second-order valence-electron chi connectivity index (χ2n) is 6.67. The van der Waals surface area contributed by atoms with Crippen molar-refractivity contribution in [1.29, 1.82) is 0 Å². The fourth-order valence-electron chi connectivity index (χ4n) is 3.06. The lowest BCUT2D eigenvalue weighted by Crippen LogP contribution is -2.59. The third kappa shape index (κ3) is 3.03. The molecule has 24 heavy (non-hydrogen) atoms. The second kappa shape index (κ2) is 5.98. The predicted octanol–water partition coefficient (Wildman–Crippen LogP) is 1.93. The van der Waals surface area contributed by atoms with Crippen molar-refractivity contribution in [3.63, 3.8) is 0 Å². The maximum Gasteiger partial charge on any atom is 0.273 e. The van der Waals surface area contributed by atoms with Gasteiger partial charge in [0.2, 0.25) is 0 Å². The fourth-order valence-corrected chi connectivity index (χ4v) is 3.06. The predicted molar refractivity (Wildman–Crippen MR) is 85.9 cm³/mol. The average molecular weight is 329 g/mol. The second-order valence-corrected chi connectivity index (χ2v) is 6.67. The van der Waals surface area contributed by atoms with E-state index in [-0.39, 0.29) is 23.8 Å². The van der Waals surface area contributed by atoms with Crippen LogP contribution in [0.4, 0.5) is 4.39 Å². The number of hydrogen-bond acceptors (Lipinski definition) is 4. The van der Waals surface area contributed by atoms with Gasteiger partial charge in [-0.2, -0.15) is 0 Å². The molecule has 126 valence electrons. The number of aromatic nitrogens is 3. The molecule has 1 atom stereocenters. The first-order valence-corrected chi connectivity index (χ1v) is 8.32. The number of carbonyl (C=O) groups excluding carboxylic acids is 1. The molecule has 2 aromatic rings. The number of hydrogen-bond donors (Lipinski definition) is 1. The number of nitrogens with zero attached hydrogens (tertiary/aromatic N) is 4. The summed E-state index contributed by atoms with van der Waals surface area (Å²) in [5, 5.41) is 10.9. The molecule has 1 unspecified atom stereocenters. The van der Waals surface area contributed by atoms with Gasteiger partial charge in [-0.15, -0.1) is 5.10 Å². The standard InChI is InChI=1S/C17H20FN5O/c1-11(12-3-2-4-13(18)7-12)22-8-14(9-22)19-17(24)16-10-23(21-20-16)15-5-6-15/h2-4,7,10-11,14-15H,5-6,8-9H2,1H3,(H,19,24). The Kier molecular flexibility index (Phi) is 3.80. The molecule has 1 aromatic carbocycles. The summed E-state index contributed by atoms with van der Waals surface area (Å²) in [6.45, 7) is 3.55. The molecule has 1 N–H and O–H groups in total. The van der Waals surface area contributed by atoms with Gasteiger partial charge >= 0.3 is 0 Å². The summed E-state index contributed by atoms with van der Waals surface area (Å²) < 4.78 is 15.1. The molecule has 6 nitrogen and oxygen atoms in total. The van der Waals surface area contributed by atoms with E-state index >= 15 is 0 Å². The number of rotatable bonds is 5. The minimum Gasteiger partial charge on any atom is -0.345 e. The van der Waals surface area contributed by atoms with Gasteiger partial charge in [0.15, 0.2) is 5.69 Å². The number of carbonyl (C=O) groups is 1. The van der Waals surface area contributed by atoms with Gasteiger partial charge in [0, 0.05) is 19.1 Å². The maximum atomic E-state index is 13.3. The lowest BCUT2D eigenvalue weighted by atomic mass is 10.0. The van der Waals surface area contributed by atoms with Crippen LogP contribution in [0.25, 0.3) is 0 Å². The monoisotopic (exact) mass is 329 g/mol. The van der Waals surface area contributed by atoms with E-state index in [4.69, 9.17) is 0 Å². The van der Waals surface area contributed by atoms with E-state index in [9.17, 15) is 9.18 Å². The Morgan fingerprint density at radius 1 is 1.38 bits per heavy atom. The zero-order chi connectivity index (χ0) is 16.7. The minimum absolute atomic E-state index is 0.0968. The Morgan fingerprint density at radius 2 is 2.17 bits per heavy atom. The molecule has 0 radical (unpaired) electrons. The Morgan fingerprint density at radius 3 is 2.88 bits per heavy atom. The summed E-state index contributed by atoms with van der Waals surface area (Å²) in [7, 11) is 0. The SMILES string of the molecule is CC(c1cccc(F)c1)N1CC(NC(=O)c2cn(C3CC3)nn2)C1. The number of amides is 1. The highest BCUT2D eigenvalue weighted by molar-refractivity contribution is 5.92. The van der Waals surface area contributed by atoms with Crippen LogP contribution >= 0.6 is 0 Å². The van der Waals surface area contributed by atoms with Crippen molar-refractivity contribution < 1.29 is 9.18 Å². The molecule has 2 heterocycles. The topological polar surface area (TPSA) is 63.1 Å². The summed E-state index contributed by atoms with van der Waals surface area (Å²) in [5.41, 5.74) is 1.32. The summed E-state index contributed by atoms with van der Waals surface area (Å²) >= 11 is 0. The van der Waals surface area contributed by atoms with Crippen LogP contribution in [0.3, 0.4) is 0 Å². The molecule has 0 bridgehead atoms. The van der Waals surface area contributed by atoms with Gasteiger partial charge in [-0.1, -0.05) is 17.3 Å². The first kappa shape index (κ1) is 15.3. The van der Waals surface area contributed by atoms with Gasteiger partial charge in [0.25, 0.3) is 5.91 Å². The lowest BCUT2D eigenvalue weighted by Gasteiger charge is -2.43. The molecule has 4 rings (SSSR count). The van der Waals surface area contributed by atoms with Crippen molar-refractivity contribution in [3.05, 3.63) is 47.5 Å². The molecule has 7 heteroatoms. The van der Waals surface area contributed by atoms with E-state index in [0.29, 0.717) is 11.7 Å². The minimum atomic E-state index is -0.219. The van der Waals surface area contributed by atoms with Crippen LogP contribution in [0.1, 0.15) is 47.9 Å². The van der Waals surface area contributed by atoms with Crippen LogP contribution in [-0.2, 0) is 0 Å². The molecule has 1 aliphatic carbocycles. The molecule has 2 fully saturated rings. The van der Waals surface area contributed by atoms with E-state index in [0.717, 1.165) is 31.5 Å². The Balaban J connectivity index is 1.29. The fraction of sp³-hybridized carbons (Fsp3) is 0.471. The van der Waals surface area contributed by atoms with Crippen LogP contribution in [0.2, 0.25) is 0 Å². The van der Waals surface area contributed by atoms with Crippen molar-refractivity contribution in [3.8, 4) is 0 Å².